The van der Waals surface area contributed by atoms with Crippen LogP contribution in [0.5, 0.6) is 0 Å². The van der Waals surface area contributed by atoms with Crippen molar-refractivity contribution in [1.82, 2.24) is 10.9 Å². The maximum atomic E-state index is 3.17. The van der Waals surface area contributed by atoms with E-state index in [4.69, 9.17) is 0 Å². The van der Waals surface area contributed by atoms with Crippen molar-refractivity contribution in [2.45, 2.75) is 20.3 Å². The van der Waals surface area contributed by atoms with E-state index in [1.165, 1.54) is 11.1 Å². The molecule has 2 rings (SSSR count). The quantitative estimate of drug-likeness (QED) is 0.766. The summed E-state index contributed by atoms with van der Waals surface area (Å²) in [5.41, 5.74) is 11.1. The molecule has 2 N–H and O–H groups in total. The molecule has 0 fully saturated rings. The van der Waals surface area contributed by atoms with Gasteiger partial charge in [-0.25, -0.2) is 0 Å². The SMILES string of the molecule is CCc1ccc(C2=CC=C(C)NN2)cc1. The zero-order valence-corrected chi connectivity index (χ0v) is 9.17. The van der Waals surface area contributed by atoms with Crippen molar-refractivity contribution in [2.75, 3.05) is 0 Å². The molecule has 1 aromatic carbocycles. The lowest BCUT2D eigenvalue weighted by atomic mass is 10.1. The van der Waals surface area contributed by atoms with Crippen LogP contribution in [0.4, 0.5) is 0 Å². The highest BCUT2D eigenvalue weighted by Crippen LogP contribution is 2.15. The minimum Gasteiger partial charge on any atom is -0.305 e. The van der Waals surface area contributed by atoms with E-state index in [1.807, 2.05) is 6.92 Å². The van der Waals surface area contributed by atoms with E-state index in [0.717, 1.165) is 17.8 Å². The molecule has 0 spiro atoms. The van der Waals surface area contributed by atoms with E-state index in [0.29, 0.717) is 0 Å². The van der Waals surface area contributed by atoms with Gasteiger partial charge < -0.3 is 10.9 Å². The Morgan fingerprint density at radius 3 is 2.27 bits per heavy atom. The zero-order chi connectivity index (χ0) is 10.7. The molecule has 0 unspecified atom stereocenters. The van der Waals surface area contributed by atoms with Crippen molar-refractivity contribution in [3.63, 3.8) is 0 Å². The number of hydrazine groups is 1. The molecule has 1 aliphatic heterocycles. The van der Waals surface area contributed by atoms with Gasteiger partial charge in [-0.3, -0.25) is 0 Å². The lowest BCUT2D eigenvalue weighted by molar-refractivity contribution is 0.736. The molecule has 0 atom stereocenters. The van der Waals surface area contributed by atoms with Gasteiger partial charge in [0.25, 0.3) is 0 Å². The molecule has 0 amide bonds. The third-order valence-electron chi connectivity index (χ3n) is 2.57. The standard InChI is InChI=1S/C13H16N2/c1-3-11-5-7-12(8-6-11)13-9-4-10(2)14-15-13/h4-9,14-15H,3H2,1-2H3. The van der Waals surface area contributed by atoms with Gasteiger partial charge in [0.2, 0.25) is 0 Å². The third-order valence-corrected chi connectivity index (χ3v) is 2.57. The van der Waals surface area contributed by atoms with E-state index in [1.54, 1.807) is 0 Å². The minimum absolute atomic E-state index is 1.09. The van der Waals surface area contributed by atoms with Crippen molar-refractivity contribution in [3.05, 3.63) is 53.2 Å². The molecule has 1 aromatic rings. The van der Waals surface area contributed by atoms with E-state index in [9.17, 15) is 0 Å². The molecule has 0 aromatic heterocycles. The molecule has 78 valence electrons. The second kappa shape index (κ2) is 4.22. The number of rotatable bonds is 2. The predicted octanol–water partition coefficient (Wildman–Crippen LogP) is 2.60. The molecule has 0 bridgehead atoms. The number of benzene rings is 1. The number of hydrogen-bond donors (Lipinski definition) is 2. The van der Waals surface area contributed by atoms with Gasteiger partial charge in [-0.15, -0.1) is 0 Å². The van der Waals surface area contributed by atoms with Crippen LogP contribution in [0.3, 0.4) is 0 Å². The number of allylic oxidation sites excluding steroid dienone is 3. The van der Waals surface area contributed by atoms with Crippen molar-refractivity contribution in [2.24, 2.45) is 0 Å². The Labute approximate surface area is 90.7 Å². The normalized spacial score (nSPS) is 14.8. The first-order valence-corrected chi connectivity index (χ1v) is 5.29. The fraction of sp³-hybridized carbons (Fsp3) is 0.231. The Balaban J connectivity index is 2.23. The number of hydrogen-bond acceptors (Lipinski definition) is 2. The van der Waals surface area contributed by atoms with Crippen LogP contribution in [0.15, 0.2) is 42.1 Å². The average Bonchev–Trinajstić information content (AvgIpc) is 2.30. The predicted molar refractivity (Wildman–Crippen MR) is 63.8 cm³/mol. The Hall–Kier alpha value is -1.70. The Morgan fingerprint density at radius 2 is 1.73 bits per heavy atom. The Kier molecular flexibility index (Phi) is 2.77. The largest absolute Gasteiger partial charge is 0.305 e. The molecule has 0 aliphatic carbocycles. The van der Waals surface area contributed by atoms with Crippen molar-refractivity contribution in [3.8, 4) is 0 Å². The smallest absolute Gasteiger partial charge is 0.0612 e. The number of aryl methyl sites for hydroxylation is 1. The van der Waals surface area contributed by atoms with Gasteiger partial charge >= 0.3 is 0 Å². The van der Waals surface area contributed by atoms with Gasteiger partial charge in [0.1, 0.15) is 0 Å². The lowest BCUT2D eigenvalue weighted by Crippen LogP contribution is -2.30. The molecule has 1 heterocycles. The first kappa shape index (κ1) is 9.84. The summed E-state index contributed by atoms with van der Waals surface area (Å²) >= 11 is 0. The number of nitrogens with one attached hydrogen (secondary N) is 2. The van der Waals surface area contributed by atoms with Gasteiger partial charge in [0.15, 0.2) is 0 Å². The fourth-order valence-electron chi connectivity index (χ4n) is 1.55. The van der Waals surface area contributed by atoms with Gasteiger partial charge in [-0.1, -0.05) is 31.2 Å². The highest BCUT2D eigenvalue weighted by atomic mass is 15.4. The van der Waals surface area contributed by atoms with Crippen molar-refractivity contribution in [1.29, 1.82) is 0 Å². The first-order chi connectivity index (χ1) is 7.29. The summed E-state index contributed by atoms with van der Waals surface area (Å²) in [6.07, 6.45) is 5.25. The fourth-order valence-corrected chi connectivity index (χ4v) is 1.55. The molecule has 0 saturated carbocycles. The van der Waals surface area contributed by atoms with Crippen molar-refractivity contribution >= 4 is 5.70 Å². The average molecular weight is 200 g/mol. The van der Waals surface area contributed by atoms with E-state index < -0.39 is 0 Å². The van der Waals surface area contributed by atoms with Gasteiger partial charge in [0, 0.05) is 5.70 Å². The molecule has 0 radical (unpaired) electrons. The molecule has 0 saturated heterocycles. The Morgan fingerprint density at radius 1 is 1.00 bits per heavy atom. The van der Waals surface area contributed by atoms with Crippen LogP contribution in [0, 0.1) is 0 Å². The van der Waals surface area contributed by atoms with Crippen LogP contribution >= 0.6 is 0 Å². The van der Waals surface area contributed by atoms with Crippen LogP contribution in [0.2, 0.25) is 0 Å². The molecule has 2 nitrogen and oxygen atoms in total. The lowest BCUT2D eigenvalue weighted by Gasteiger charge is -2.17. The summed E-state index contributed by atoms with van der Waals surface area (Å²) in [6.45, 7) is 4.20. The summed E-state index contributed by atoms with van der Waals surface area (Å²) in [5.74, 6) is 0. The highest BCUT2D eigenvalue weighted by Gasteiger charge is 2.03. The van der Waals surface area contributed by atoms with E-state index >= 15 is 0 Å². The molecular formula is C13H16N2. The maximum absolute atomic E-state index is 3.17. The zero-order valence-electron chi connectivity index (χ0n) is 9.17. The summed E-state index contributed by atoms with van der Waals surface area (Å²) in [6, 6.07) is 8.63. The maximum Gasteiger partial charge on any atom is 0.0612 e. The van der Waals surface area contributed by atoms with E-state index in [2.05, 4.69) is 54.2 Å². The summed E-state index contributed by atoms with van der Waals surface area (Å²) in [4.78, 5) is 0. The molecule has 1 aliphatic rings. The van der Waals surface area contributed by atoms with Crippen molar-refractivity contribution < 1.29 is 0 Å². The summed E-state index contributed by atoms with van der Waals surface area (Å²) < 4.78 is 0. The highest BCUT2D eigenvalue weighted by molar-refractivity contribution is 5.66. The molecular weight excluding hydrogens is 184 g/mol. The second-order valence-corrected chi connectivity index (χ2v) is 3.73. The monoisotopic (exact) mass is 200 g/mol. The van der Waals surface area contributed by atoms with Crippen LogP contribution in [-0.2, 0) is 6.42 Å². The summed E-state index contributed by atoms with van der Waals surface area (Å²) in [5, 5.41) is 0. The second-order valence-electron chi connectivity index (χ2n) is 3.73. The van der Waals surface area contributed by atoms with Gasteiger partial charge in [-0.2, -0.15) is 0 Å². The Bertz CT molecular complexity index is 399. The van der Waals surface area contributed by atoms with Gasteiger partial charge in [-0.05, 0) is 36.6 Å². The molecule has 15 heavy (non-hydrogen) atoms. The van der Waals surface area contributed by atoms with Crippen LogP contribution < -0.4 is 10.9 Å². The van der Waals surface area contributed by atoms with Crippen LogP contribution in [-0.4, -0.2) is 0 Å². The topological polar surface area (TPSA) is 24.1 Å². The first-order valence-electron chi connectivity index (χ1n) is 5.29. The minimum atomic E-state index is 1.09. The molecule has 2 heteroatoms. The van der Waals surface area contributed by atoms with Crippen LogP contribution in [0.1, 0.15) is 25.0 Å². The van der Waals surface area contributed by atoms with Gasteiger partial charge in [0.05, 0.1) is 5.70 Å². The van der Waals surface area contributed by atoms with E-state index in [-0.39, 0.29) is 0 Å². The summed E-state index contributed by atoms with van der Waals surface area (Å²) in [7, 11) is 0. The third kappa shape index (κ3) is 2.21. The van der Waals surface area contributed by atoms with Crippen LogP contribution in [0.25, 0.3) is 5.70 Å².